The van der Waals surface area contributed by atoms with Crippen LogP contribution in [-0.2, 0) is 23.6 Å². The van der Waals surface area contributed by atoms with Crippen LogP contribution in [0, 0.1) is 11.8 Å². The zero-order chi connectivity index (χ0) is 15.3. The lowest BCUT2D eigenvalue weighted by Gasteiger charge is -2.05. The Labute approximate surface area is 124 Å². The van der Waals surface area contributed by atoms with Gasteiger partial charge in [0.15, 0.2) is 0 Å². The summed E-state index contributed by atoms with van der Waals surface area (Å²) in [7, 11) is -1.87. The summed E-state index contributed by atoms with van der Waals surface area (Å²) in [5.74, 6) is 5.67. The maximum Gasteiger partial charge on any atom is 0.243 e. The molecule has 110 valence electrons. The summed E-state index contributed by atoms with van der Waals surface area (Å²) in [5.41, 5.74) is 7.00. The largest absolute Gasteiger partial charge is 0.320 e. The quantitative estimate of drug-likeness (QED) is 0.790. The molecule has 0 amide bonds. The van der Waals surface area contributed by atoms with Crippen LogP contribution in [0.4, 0.5) is 0 Å². The topological polar surface area (TPSA) is 90.0 Å². The summed E-state index contributed by atoms with van der Waals surface area (Å²) in [6.07, 6.45) is 2.77. The minimum Gasteiger partial charge on any atom is -0.320 e. The van der Waals surface area contributed by atoms with Crippen LogP contribution in [-0.4, -0.2) is 24.7 Å². The standard InChI is InChI=1S/C14H16N4O2S/c1-18-11-14(10-16-18)21(19,20)17-9-13-6-4-12(5-7-13)3-2-8-15/h4-7,10-11,17H,8-9,15H2,1H3. The second-order valence-corrected chi connectivity index (χ2v) is 6.14. The Morgan fingerprint density at radius 3 is 2.62 bits per heavy atom. The number of aryl methyl sites for hydroxylation is 1. The number of nitrogens with zero attached hydrogens (tertiary/aromatic N) is 2. The molecule has 1 heterocycles. The fourth-order valence-corrected chi connectivity index (χ4v) is 2.66. The van der Waals surface area contributed by atoms with E-state index in [1.165, 1.54) is 17.1 Å². The molecule has 3 N–H and O–H groups in total. The fraction of sp³-hybridized carbons (Fsp3) is 0.214. The molecule has 0 aliphatic carbocycles. The van der Waals surface area contributed by atoms with Crippen molar-refractivity contribution in [3.63, 3.8) is 0 Å². The molecule has 0 saturated carbocycles. The van der Waals surface area contributed by atoms with Gasteiger partial charge in [-0.05, 0) is 17.7 Å². The summed E-state index contributed by atoms with van der Waals surface area (Å²) < 4.78 is 28.0. The third-order valence-corrected chi connectivity index (χ3v) is 4.10. The number of hydrogen-bond acceptors (Lipinski definition) is 4. The van der Waals surface area contributed by atoms with Crippen molar-refractivity contribution >= 4 is 10.0 Å². The summed E-state index contributed by atoms with van der Waals surface area (Å²) in [5, 5.41) is 3.85. The number of nitrogens with two attached hydrogens (primary N) is 1. The van der Waals surface area contributed by atoms with Crippen LogP contribution >= 0.6 is 0 Å². The van der Waals surface area contributed by atoms with Crippen LogP contribution in [0.25, 0.3) is 0 Å². The summed E-state index contributed by atoms with van der Waals surface area (Å²) in [6, 6.07) is 7.31. The molecule has 0 spiro atoms. The molecule has 6 nitrogen and oxygen atoms in total. The number of aromatic nitrogens is 2. The Morgan fingerprint density at radius 2 is 2.05 bits per heavy atom. The number of hydrogen-bond donors (Lipinski definition) is 2. The predicted octanol–water partition coefficient (Wildman–Crippen LogP) is 0.209. The van der Waals surface area contributed by atoms with E-state index in [9.17, 15) is 8.42 Å². The molecule has 0 bridgehead atoms. The highest BCUT2D eigenvalue weighted by Crippen LogP contribution is 2.08. The van der Waals surface area contributed by atoms with E-state index < -0.39 is 10.0 Å². The van der Waals surface area contributed by atoms with Crippen molar-refractivity contribution in [3.05, 3.63) is 47.8 Å². The smallest absolute Gasteiger partial charge is 0.243 e. The highest BCUT2D eigenvalue weighted by Gasteiger charge is 2.15. The zero-order valence-electron chi connectivity index (χ0n) is 11.6. The van der Waals surface area contributed by atoms with Gasteiger partial charge in [-0.3, -0.25) is 4.68 Å². The lowest BCUT2D eigenvalue weighted by molar-refractivity contribution is 0.581. The highest BCUT2D eigenvalue weighted by molar-refractivity contribution is 7.89. The molecule has 2 aromatic rings. The SMILES string of the molecule is Cn1cc(S(=O)(=O)NCc2ccc(C#CCN)cc2)cn1. The highest BCUT2D eigenvalue weighted by atomic mass is 32.2. The van der Waals surface area contributed by atoms with Gasteiger partial charge in [-0.25, -0.2) is 13.1 Å². The van der Waals surface area contributed by atoms with Crippen molar-refractivity contribution in [2.24, 2.45) is 12.8 Å². The number of rotatable bonds is 4. The molecule has 1 aromatic carbocycles. The first-order chi connectivity index (χ1) is 10.0. The molecular weight excluding hydrogens is 288 g/mol. The summed E-state index contributed by atoms with van der Waals surface area (Å²) in [4.78, 5) is 0.149. The van der Waals surface area contributed by atoms with Crippen LogP contribution in [0.2, 0.25) is 0 Å². The van der Waals surface area contributed by atoms with Gasteiger partial charge in [0.25, 0.3) is 0 Å². The van der Waals surface area contributed by atoms with Gasteiger partial charge in [0.05, 0.1) is 12.7 Å². The van der Waals surface area contributed by atoms with Gasteiger partial charge in [0.2, 0.25) is 10.0 Å². The van der Waals surface area contributed by atoms with E-state index in [1.54, 1.807) is 7.05 Å². The van der Waals surface area contributed by atoms with E-state index >= 15 is 0 Å². The summed E-state index contributed by atoms with van der Waals surface area (Å²) in [6.45, 7) is 0.522. The molecule has 21 heavy (non-hydrogen) atoms. The number of nitrogens with one attached hydrogen (secondary N) is 1. The normalized spacial score (nSPS) is 11.0. The van der Waals surface area contributed by atoms with E-state index in [4.69, 9.17) is 5.73 Å². The van der Waals surface area contributed by atoms with Gasteiger partial charge in [-0.15, -0.1) is 0 Å². The Morgan fingerprint density at radius 1 is 1.33 bits per heavy atom. The third kappa shape index (κ3) is 4.16. The second kappa shape index (κ2) is 6.54. The van der Waals surface area contributed by atoms with Crippen LogP contribution in [0.3, 0.4) is 0 Å². The Kier molecular flexibility index (Phi) is 4.75. The average Bonchev–Trinajstić information content (AvgIpc) is 2.91. The molecule has 1 aromatic heterocycles. The molecule has 0 atom stereocenters. The molecule has 0 fully saturated rings. The first-order valence-electron chi connectivity index (χ1n) is 6.27. The maximum atomic E-state index is 12.0. The van der Waals surface area contributed by atoms with Gasteiger partial charge < -0.3 is 5.73 Å². The van der Waals surface area contributed by atoms with Crippen molar-refractivity contribution in [3.8, 4) is 11.8 Å². The first kappa shape index (κ1) is 15.3. The second-order valence-electron chi connectivity index (χ2n) is 4.38. The molecule has 0 aliphatic rings. The zero-order valence-corrected chi connectivity index (χ0v) is 12.4. The van der Waals surface area contributed by atoms with Crippen molar-refractivity contribution in [2.75, 3.05) is 6.54 Å². The van der Waals surface area contributed by atoms with E-state index in [1.807, 2.05) is 24.3 Å². The first-order valence-corrected chi connectivity index (χ1v) is 7.76. The minimum absolute atomic E-state index is 0.149. The maximum absolute atomic E-state index is 12.0. The van der Waals surface area contributed by atoms with Crippen LogP contribution in [0.1, 0.15) is 11.1 Å². The van der Waals surface area contributed by atoms with Crippen molar-refractivity contribution in [1.29, 1.82) is 0 Å². The van der Waals surface area contributed by atoms with Gasteiger partial charge in [0, 0.05) is 25.4 Å². The summed E-state index contributed by atoms with van der Waals surface area (Å²) >= 11 is 0. The Bertz CT molecular complexity index is 767. The van der Waals surface area contributed by atoms with Crippen molar-refractivity contribution in [1.82, 2.24) is 14.5 Å². The third-order valence-electron chi connectivity index (χ3n) is 2.75. The molecule has 2 rings (SSSR count). The number of sulfonamides is 1. The predicted molar refractivity (Wildman–Crippen MR) is 79.6 cm³/mol. The van der Waals surface area contributed by atoms with Crippen LogP contribution in [0.15, 0.2) is 41.6 Å². The fourth-order valence-electron chi connectivity index (χ4n) is 1.66. The van der Waals surface area contributed by atoms with Crippen LogP contribution in [0.5, 0.6) is 0 Å². The molecule has 0 unspecified atom stereocenters. The Balaban J connectivity index is 2.03. The van der Waals surface area contributed by atoms with E-state index in [0.717, 1.165) is 11.1 Å². The van der Waals surface area contributed by atoms with E-state index in [2.05, 4.69) is 21.7 Å². The molecule has 0 radical (unpaired) electrons. The van der Waals surface area contributed by atoms with Crippen molar-refractivity contribution < 1.29 is 8.42 Å². The number of benzene rings is 1. The molecule has 0 saturated heterocycles. The minimum atomic E-state index is -3.54. The van der Waals surface area contributed by atoms with Gasteiger partial charge in [-0.2, -0.15) is 5.10 Å². The Hall–Kier alpha value is -2.14. The van der Waals surface area contributed by atoms with Crippen LogP contribution < -0.4 is 10.5 Å². The van der Waals surface area contributed by atoms with E-state index in [0.29, 0.717) is 6.54 Å². The molecule has 0 aliphatic heterocycles. The van der Waals surface area contributed by atoms with Gasteiger partial charge >= 0.3 is 0 Å². The molecular formula is C14H16N4O2S. The van der Waals surface area contributed by atoms with E-state index in [-0.39, 0.29) is 11.4 Å². The average molecular weight is 304 g/mol. The molecule has 7 heteroatoms. The van der Waals surface area contributed by atoms with Crippen molar-refractivity contribution in [2.45, 2.75) is 11.4 Å². The monoisotopic (exact) mass is 304 g/mol. The lowest BCUT2D eigenvalue weighted by Crippen LogP contribution is -2.22. The van der Waals surface area contributed by atoms with Gasteiger partial charge in [-0.1, -0.05) is 24.0 Å². The van der Waals surface area contributed by atoms with Gasteiger partial charge in [0.1, 0.15) is 4.90 Å². The lowest BCUT2D eigenvalue weighted by atomic mass is 10.1.